The van der Waals surface area contributed by atoms with Gasteiger partial charge in [-0.2, -0.15) is 5.26 Å². The lowest BCUT2D eigenvalue weighted by Crippen LogP contribution is -2.27. The number of anilines is 1. The highest BCUT2D eigenvalue weighted by Crippen LogP contribution is 2.29. The molecule has 0 radical (unpaired) electrons. The number of amidine groups is 1. The molecule has 0 aliphatic rings. The molecule has 1 rings (SSSR count). The van der Waals surface area contributed by atoms with E-state index in [9.17, 15) is 4.79 Å². The molecule has 0 aromatic heterocycles. The molecule has 0 aliphatic heterocycles. The van der Waals surface area contributed by atoms with Gasteiger partial charge in [0.05, 0.1) is 10.7 Å². The molecule has 1 aromatic rings. The number of benzene rings is 1. The number of carbonyl (C=O) groups excluding carboxylic acids is 1. The second-order valence-corrected chi connectivity index (χ2v) is 6.35. The number of nitriles is 1. The molecule has 22 heavy (non-hydrogen) atoms. The van der Waals surface area contributed by atoms with Crippen molar-refractivity contribution in [3.05, 3.63) is 23.2 Å². The molecule has 0 unspecified atom stereocenters. The molecule has 1 amide bonds. The van der Waals surface area contributed by atoms with Crippen LogP contribution in [0.1, 0.15) is 20.8 Å². The molecular weight excluding hydrogens is 324 g/mol. The molecule has 0 aliphatic carbocycles. The summed E-state index contributed by atoms with van der Waals surface area (Å²) in [4.78, 5) is 16.0. The molecule has 1 aromatic carbocycles. The first-order valence-electron chi connectivity index (χ1n) is 6.32. The molecule has 118 valence electrons. The van der Waals surface area contributed by atoms with Crippen LogP contribution in [-0.2, 0) is 4.74 Å². The maximum atomic E-state index is 11.7. The minimum Gasteiger partial charge on any atom is -0.444 e. The Kier molecular flexibility index (Phi) is 6.53. The maximum Gasteiger partial charge on any atom is 0.412 e. The van der Waals surface area contributed by atoms with Gasteiger partial charge in [-0.25, -0.2) is 9.79 Å². The monoisotopic (exact) mass is 340 g/mol. The molecule has 0 saturated carbocycles. The number of hydrogen-bond acceptors (Lipinski definition) is 5. The summed E-state index contributed by atoms with van der Waals surface area (Å²) in [5.74, 6) is 0. The fraction of sp³-hybridized carbons (Fsp3) is 0.357. The Morgan fingerprint density at radius 2 is 2.14 bits per heavy atom. The third-order valence-corrected chi connectivity index (χ3v) is 3.07. The fourth-order valence-electron chi connectivity index (χ4n) is 1.38. The van der Waals surface area contributed by atoms with E-state index in [-0.39, 0.29) is 0 Å². The van der Waals surface area contributed by atoms with E-state index in [0.717, 1.165) is 0 Å². The SMILES string of the molecule is CSC(=Nc1cc(NC(=O)OC(C)(C)C)ccc1Cl)NC#N. The van der Waals surface area contributed by atoms with E-state index in [1.54, 1.807) is 51.4 Å². The van der Waals surface area contributed by atoms with E-state index in [1.807, 2.05) is 0 Å². The van der Waals surface area contributed by atoms with Crippen molar-refractivity contribution in [2.24, 2.45) is 4.99 Å². The number of aliphatic imine (C=N–C) groups is 1. The summed E-state index contributed by atoms with van der Waals surface area (Å²) in [7, 11) is 0. The standard InChI is InChI=1S/C14H17ClN4O2S/c1-14(2,3)21-13(20)18-9-5-6-10(15)11(7-9)19-12(22-4)17-8-16/h5-7H,1-4H3,(H,17,19)(H,18,20). The number of nitrogens with zero attached hydrogens (tertiary/aromatic N) is 2. The number of hydrogen-bond donors (Lipinski definition) is 2. The first-order chi connectivity index (χ1) is 10.2. The van der Waals surface area contributed by atoms with Gasteiger partial charge < -0.3 is 4.74 Å². The largest absolute Gasteiger partial charge is 0.444 e. The molecule has 0 spiro atoms. The molecule has 0 fully saturated rings. The van der Waals surface area contributed by atoms with Crippen molar-refractivity contribution in [2.75, 3.05) is 11.6 Å². The number of thioether (sulfide) groups is 1. The summed E-state index contributed by atoms with van der Waals surface area (Å²) in [6.45, 7) is 5.34. The fourth-order valence-corrected chi connectivity index (χ4v) is 1.88. The van der Waals surface area contributed by atoms with Crippen LogP contribution in [0.4, 0.5) is 16.2 Å². The molecule has 0 saturated heterocycles. The third-order valence-electron chi connectivity index (χ3n) is 2.17. The van der Waals surface area contributed by atoms with Crippen LogP contribution in [0, 0.1) is 11.5 Å². The summed E-state index contributed by atoms with van der Waals surface area (Å²) in [5.41, 5.74) is 0.345. The van der Waals surface area contributed by atoms with Gasteiger partial charge >= 0.3 is 6.09 Å². The number of amides is 1. The lowest BCUT2D eigenvalue weighted by atomic mass is 10.2. The zero-order valence-corrected chi connectivity index (χ0v) is 14.3. The summed E-state index contributed by atoms with van der Waals surface area (Å²) < 4.78 is 5.17. The third kappa shape index (κ3) is 6.24. The zero-order chi connectivity index (χ0) is 16.8. The van der Waals surface area contributed by atoms with Crippen LogP contribution in [0.2, 0.25) is 5.02 Å². The van der Waals surface area contributed by atoms with Crippen LogP contribution < -0.4 is 10.6 Å². The van der Waals surface area contributed by atoms with E-state index in [4.69, 9.17) is 21.6 Å². The first-order valence-corrected chi connectivity index (χ1v) is 7.93. The highest BCUT2D eigenvalue weighted by atomic mass is 35.5. The molecule has 0 atom stereocenters. The van der Waals surface area contributed by atoms with Crippen molar-refractivity contribution < 1.29 is 9.53 Å². The average Bonchev–Trinajstić information content (AvgIpc) is 2.39. The highest BCUT2D eigenvalue weighted by Gasteiger charge is 2.16. The summed E-state index contributed by atoms with van der Waals surface area (Å²) in [6.07, 6.45) is 3.01. The molecular formula is C14H17ClN4O2S. The summed E-state index contributed by atoms with van der Waals surface area (Å²) in [6, 6.07) is 4.85. The first kappa shape index (κ1) is 18.1. The number of halogens is 1. The van der Waals surface area contributed by atoms with Gasteiger partial charge in [-0.3, -0.25) is 10.6 Å². The quantitative estimate of drug-likeness (QED) is 0.366. The Labute approximate surface area is 138 Å². The molecule has 2 N–H and O–H groups in total. The minimum atomic E-state index is -0.583. The van der Waals surface area contributed by atoms with Crippen LogP contribution in [0.5, 0.6) is 0 Å². The van der Waals surface area contributed by atoms with Crippen LogP contribution in [0.25, 0.3) is 0 Å². The van der Waals surface area contributed by atoms with Crippen LogP contribution in [-0.4, -0.2) is 23.1 Å². The van der Waals surface area contributed by atoms with Crippen molar-refractivity contribution in [3.8, 4) is 6.19 Å². The Balaban J connectivity index is 2.95. The highest BCUT2D eigenvalue weighted by molar-refractivity contribution is 8.13. The lowest BCUT2D eigenvalue weighted by Gasteiger charge is -2.19. The Bertz CT molecular complexity index is 620. The number of ether oxygens (including phenoxy) is 1. The van der Waals surface area contributed by atoms with Gasteiger partial charge in [0.2, 0.25) is 0 Å². The van der Waals surface area contributed by atoms with Crippen molar-refractivity contribution in [2.45, 2.75) is 26.4 Å². The van der Waals surface area contributed by atoms with Crippen molar-refractivity contribution >= 4 is 46.0 Å². The molecule has 6 nitrogen and oxygen atoms in total. The van der Waals surface area contributed by atoms with E-state index in [2.05, 4.69) is 15.6 Å². The minimum absolute atomic E-state index is 0.402. The number of rotatable bonds is 2. The van der Waals surface area contributed by atoms with Crippen molar-refractivity contribution in [3.63, 3.8) is 0 Å². The topological polar surface area (TPSA) is 86.5 Å². The van der Waals surface area contributed by atoms with Crippen LogP contribution in [0.15, 0.2) is 23.2 Å². The van der Waals surface area contributed by atoms with Crippen LogP contribution in [0.3, 0.4) is 0 Å². The second-order valence-electron chi connectivity index (χ2n) is 5.15. The Morgan fingerprint density at radius 3 is 2.68 bits per heavy atom. The zero-order valence-electron chi connectivity index (χ0n) is 12.7. The van der Waals surface area contributed by atoms with Crippen molar-refractivity contribution in [1.29, 1.82) is 5.26 Å². The number of nitrogens with one attached hydrogen (secondary N) is 2. The lowest BCUT2D eigenvalue weighted by molar-refractivity contribution is 0.0636. The average molecular weight is 341 g/mol. The Morgan fingerprint density at radius 1 is 1.45 bits per heavy atom. The smallest absolute Gasteiger partial charge is 0.412 e. The summed E-state index contributed by atoms with van der Waals surface area (Å²) >= 11 is 7.34. The van der Waals surface area contributed by atoms with Gasteiger partial charge in [0.1, 0.15) is 5.60 Å². The number of carbonyl (C=O) groups is 1. The predicted octanol–water partition coefficient (Wildman–Crippen LogP) is 4.11. The normalized spacial score (nSPS) is 11.5. The van der Waals surface area contributed by atoms with Gasteiger partial charge in [-0.15, -0.1) is 0 Å². The van der Waals surface area contributed by atoms with E-state index in [0.29, 0.717) is 21.6 Å². The van der Waals surface area contributed by atoms with E-state index in [1.165, 1.54) is 11.8 Å². The predicted molar refractivity (Wildman–Crippen MR) is 90.7 cm³/mol. The van der Waals surface area contributed by atoms with E-state index < -0.39 is 11.7 Å². The van der Waals surface area contributed by atoms with Crippen molar-refractivity contribution in [1.82, 2.24) is 5.32 Å². The van der Waals surface area contributed by atoms with Gasteiger partial charge in [0, 0.05) is 5.69 Å². The molecule has 0 heterocycles. The van der Waals surface area contributed by atoms with Crippen LogP contribution >= 0.6 is 23.4 Å². The van der Waals surface area contributed by atoms with Gasteiger partial charge in [-0.1, -0.05) is 23.4 Å². The Hall–Kier alpha value is -1.91. The van der Waals surface area contributed by atoms with Gasteiger partial charge in [0.25, 0.3) is 0 Å². The molecule has 8 heteroatoms. The maximum absolute atomic E-state index is 11.7. The van der Waals surface area contributed by atoms with Gasteiger partial charge in [0.15, 0.2) is 11.4 Å². The molecule has 0 bridgehead atoms. The van der Waals surface area contributed by atoms with Gasteiger partial charge in [-0.05, 0) is 45.2 Å². The second kappa shape index (κ2) is 7.92. The summed E-state index contributed by atoms with van der Waals surface area (Å²) in [5, 5.41) is 14.5. The van der Waals surface area contributed by atoms with E-state index >= 15 is 0 Å².